The molecule has 2 rings (SSSR count). The summed E-state index contributed by atoms with van der Waals surface area (Å²) in [6.07, 6.45) is 7.18. The number of carbonyl (C=O) groups excluding carboxylic acids is 1. The third kappa shape index (κ3) is 5.06. The maximum Gasteiger partial charge on any atom is 0.222 e. The van der Waals surface area contributed by atoms with Crippen LogP contribution in [-0.4, -0.2) is 59.1 Å². The molecule has 1 aliphatic carbocycles. The zero-order chi connectivity index (χ0) is 14.6. The molecule has 20 heavy (non-hydrogen) atoms. The van der Waals surface area contributed by atoms with Crippen LogP contribution in [0.1, 0.15) is 52.4 Å². The van der Waals surface area contributed by atoms with Crippen LogP contribution in [0.3, 0.4) is 0 Å². The molecule has 116 valence electrons. The van der Waals surface area contributed by atoms with Crippen LogP contribution in [0.15, 0.2) is 0 Å². The number of hydrogen-bond donors (Lipinski definition) is 1. The standard InChI is InChI=1S/C16H30N2O2/c1-16(2,20)13-17-9-11-18(12-10-17)15(19)8-7-14-5-3-4-6-14/h14,20H,3-13H2,1-2H3. The number of piperazine rings is 1. The Labute approximate surface area is 123 Å². The van der Waals surface area contributed by atoms with Crippen molar-refractivity contribution in [2.45, 2.75) is 58.0 Å². The van der Waals surface area contributed by atoms with Crippen molar-refractivity contribution < 1.29 is 9.90 Å². The van der Waals surface area contributed by atoms with Crippen LogP contribution in [0.5, 0.6) is 0 Å². The van der Waals surface area contributed by atoms with Gasteiger partial charge >= 0.3 is 0 Å². The SMILES string of the molecule is CC(C)(O)CN1CCN(C(=O)CCC2CCCC2)CC1. The lowest BCUT2D eigenvalue weighted by atomic mass is 10.0. The summed E-state index contributed by atoms with van der Waals surface area (Å²) in [7, 11) is 0. The van der Waals surface area contributed by atoms with E-state index in [9.17, 15) is 9.90 Å². The van der Waals surface area contributed by atoms with E-state index in [1.165, 1.54) is 25.7 Å². The number of aliphatic hydroxyl groups is 1. The van der Waals surface area contributed by atoms with Crippen molar-refractivity contribution in [1.82, 2.24) is 9.80 Å². The van der Waals surface area contributed by atoms with Crippen molar-refractivity contribution in [3.05, 3.63) is 0 Å². The summed E-state index contributed by atoms with van der Waals surface area (Å²) in [5.74, 6) is 1.13. The minimum atomic E-state index is -0.644. The lowest BCUT2D eigenvalue weighted by Gasteiger charge is -2.37. The quantitative estimate of drug-likeness (QED) is 0.837. The van der Waals surface area contributed by atoms with Gasteiger partial charge < -0.3 is 10.0 Å². The van der Waals surface area contributed by atoms with Crippen LogP contribution in [0.25, 0.3) is 0 Å². The Morgan fingerprint density at radius 2 is 1.75 bits per heavy atom. The molecular formula is C16H30N2O2. The highest BCUT2D eigenvalue weighted by atomic mass is 16.3. The van der Waals surface area contributed by atoms with E-state index in [0.29, 0.717) is 12.5 Å². The fraction of sp³-hybridized carbons (Fsp3) is 0.938. The highest BCUT2D eigenvalue weighted by Crippen LogP contribution is 2.28. The van der Waals surface area contributed by atoms with Crippen LogP contribution < -0.4 is 0 Å². The molecule has 0 aromatic heterocycles. The topological polar surface area (TPSA) is 43.8 Å². The van der Waals surface area contributed by atoms with Crippen molar-refractivity contribution in [3.8, 4) is 0 Å². The largest absolute Gasteiger partial charge is 0.389 e. The molecule has 0 bridgehead atoms. The van der Waals surface area contributed by atoms with Gasteiger partial charge in [-0.1, -0.05) is 25.7 Å². The van der Waals surface area contributed by atoms with Crippen LogP contribution in [0.4, 0.5) is 0 Å². The number of β-amino-alcohol motifs (C(OH)–C–C–N with tert-alkyl or cyclic N) is 1. The first kappa shape index (κ1) is 15.8. The molecule has 2 aliphatic rings. The second-order valence-corrected chi connectivity index (χ2v) is 7.16. The zero-order valence-electron chi connectivity index (χ0n) is 13.1. The zero-order valence-corrected chi connectivity index (χ0v) is 13.1. The van der Waals surface area contributed by atoms with E-state index in [4.69, 9.17) is 0 Å². The molecular weight excluding hydrogens is 252 g/mol. The Balaban J connectivity index is 1.66. The maximum atomic E-state index is 12.2. The predicted octanol–water partition coefficient (Wildman–Crippen LogP) is 1.87. The summed E-state index contributed by atoms with van der Waals surface area (Å²) in [4.78, 5) is 16.5. The summed E-state index contributed by atoms with van der Waals surface area (Å²) < 4.78 is 0. The average Bonchev–Trinajstić information content (AvgIpc) is 2.88. The lowest BCUT2D eigenvalue weighted by molar-refractivity contribution is -0.133. The molecule has 0 spiro atoms. The van der Waals surface area contributed by atoms with Crippen molar-refractivity contribution >= 4 is 5.91 Å². The van der Waals surface area contributed by atoms with E-state index >= 15 is 0 Å². The van der Waals surface area contributed by atoms with Gasteiger partial charge in [0.1, 0.15) is 0 Å². The monoisotopic (exact) mass is 282 g/mol. The molecule has 1 saturated heterocycles. The molecule has 0 radical (unpaired) electrons. The summed E-state index contributed by atoms with van der Waals surface area (Å²) in [5.41, 5.74) is -0.644. The molecule has 4 nitrogen and oxygen atoms in total. The molecule has 1 saturated carbocycles. The fourth-order valence-corrected chi connectivity index (χ4v) is 3.49. The van der Waals surface area contributed by atoms with E-state index < -0.39 is 5.60 Å². The maximum absolute atomic E-state index is 12.2. The second-order valence-electron chi connectivity index (χ2n) is 7.16. The minimum absolute atomic E-state index is 0.333. The van der Waals surface area contributed by atoms with Gasteiger partial charge in [-0.25, -0.2) is 0 Å². The molecule has 1 aliphatic heterocycles. The molecule has 0 unspecified atom stereocenters. The number of amides is 1. The number of rotatable bonds is 5. The number of nitrogens with zero attached hydrogens (tertiary/aromatic N) is 2. The molecule has 2 fully saturated rings. The highest BCUT2D eigenvalue weighted by molar-refractivity contribution is 5.76. The van der Waals surface area contributed by atoms with E-state index in [1.807, 2.05) is 18.7 Å². The highest BCUT2D eigenvalue weighted by Gasteiger charge is 2.25. The third-order valence-electron chi connectivity index (χ3n) is 4.58. The predicted molar refractivity (Wildman–Crippen MR) is 80.5 cm³/mol. The Morgan fingerprint density at radius 3 is 2.30 bits per heavy atom. The fourth-order valence-electron chi connectivity index (χ4n) is 3.49. The molecule has 1 heterocycles. The number of hydrogen-bond acceptors (Lipinski definition) is 3. The summed E-state index contributed by atoms with van der Waals surface area (Å²) in [6.45, 7) is 7.78. The van der Waals surface area contributed by atoms with Gasteiger partial charge in [0.15, 0.2) is 0 Å². The number of carbonyl (C=O) groups is 1. The first-order valence-electron chi connectivity index (χ1n) is 8.16. The van der Waals surface area contributed by atoms with Gasteiger partial charge in [0.25, 0.3) is 0 Å². The van der Waals surface area contributed by atoms with Crippen LogP contribution >= 0.6 is 0 Å². The summed E-state index contributed by atoms with van der Waals surface area (Å²) in [6, 6.07) is 0. The molecule has 1 N–H and O–H groups in total. The van der Waals surface area contributed by atoms with E-state index in [1.54, 1.807) is 0 Å². The van der Waals surface area contributed by atoms with Gasteiger partial charge in [-0.15, -0.1) is 0 Å². The van der Waals surface area contributed by atoms with Crippen molar-refractivity contribution in [3.63, 3.8) is 0 Å². The third-order valence-corrected chi connectivity index (χ3v) is 4.58. The Morgan fingerprint density at radius 1 is 1.15 bits per heavy atom. The van der Waals surface area contributed by atoms with E-state index in [2.05, 4.69) is 4.90 Å². The van der Waals surface area contributed by atoms with Crippen LogP contribution in [0, 0.1) is 5.92 Å². The first-order valence-corrected chi connectivity index (χ1v) is 8.16. The van der Waals surface area contributed by atoms with Crippen molar-refractivity contribution in [1.29, 1.82) is 0 Å². The minimum Gasteiger partial charge on any atom is -0.389 e. The van der Waals surface area contributed by atoms with Gasteiger partial charge in [0.2, 0.25) is 5.91 Å². The smallest absolute Gasteiger partial charge is 0.222 e. The Kier molecular flexibility index (Phi) is 5.44. The van der Waals surface area contributed by atoms with Crippen molar-refractivity contribution in [2.24, 2.45) is 5.92 Å². The van der Waals surface area contributed by atoms with E-state index in [-0.39, 0.29) is 0 Å². The van der Waals surface area contributed by atoms with E-state index in [0.717, 1.165) is 44.9 Å². The van der Waals surface area contributed by atoms with Gasteiger partial charge in [-0.05, 0) is 26.2 Å². The second kappa shape index (κ2) is 6.90. The Bertz CT molecular complexity index is 311. The molecule has 0 aromatic carbocycles. The first-order chi connectivity index (χ1) is 9.44. The van der Waals surface area contributed by atoms with Gasteiger partial charge in [-0.2, -0.15) is 0 Å². The molecule has 0 atom stereocenters. The lowest BCUT2D eigenvalue weighted by Crippen LogP contribution is -2.52. The Hall–Kier alpha value is -0.610. The van der Waals surface area contributed by atoms with Gasteiger partial charge in [-0.3, -0.25) is 9.69 Å². The van der Waals surface area contributed by atoms with Crippen LogP contribution in [0.2, 0.25) is 0 Å². The average molecular weight is 282 g/mol. The summed E-state index contributed by atoms with van der Waals surface area (Å²) >= 11 is 0. The molecule has 0 aromatic rings. The van der Waals surface area contributed by atoms with Crippen LogP contribution in [-0.2, 0) is 4.79 Å². The normalized spacial score (nSPS) is 22.4. The van der Waals surface area contributed by atoms with Gasteiger partial charge in [0, 0.05) is 39.1 Å². The summed E-state index contributed by atoms with van der Waals surface area (Å²) in [5, 5.41) is 9.83. The van der Waals surface area contributed by atoms with Gasteiger partial charge in [0.05, 0.1) is 5.60 Å². The van der Waals surface area contributed by atoms with Crippen molar-refractivity contribution in [2.75, 3.05) is 32.7 Å². The molecule has 1 amide bonds. The molecule has 4 heteroatoms.